The first-order chi connectivity index (χ1) is 41.0. The Morgan fingerprint density at radius 2 is 0.756 bits per heavy atom. The van der Waals surface area contributed by atoms with E-state index in [4.69, 9.17) is 37.9 Å². The van der Waals surface area contributed by atoms with Crippen LogP contribution in [0.25, 0.3) is 0 Å². The molecule has 0 saturated carbocycles. The number of fused-ring (bicyclic) bond motifs is 7. The minimum atomic E-state index is -0.373. The summed E-state index contributed by atoms with van der Waals surface area (Å²) in [4.78, 5) is 27.7. The molecule has 0 aliphatic carbocycles. The molecule has 0 atom stereocenters. The van der Waals surface area contributed by atoms with Crippen LogP contribution in [0.5, 0.6) is 57.5 Å². The van der Waals surface area contributed by atoms with E-state index in [1.165, 1.54) is 33.9 Å². The lowest BCUT2D eigenvalue weighted by molar-refractivity contribution is 0.0912. The van der Waals surface area contributed by atoms with Crippen molar-refractivity contribution in [2.24, 2.45) is 0 Å². The number of halogens is 2. The molecule has 0 unspecified atom stereocenters. The zero-order valence-electron chi connectivity index (χ0n) is 48.1. The zero-order chi connectivity index (χ0) is 58.4. The summed E-state index contributed by atoms with van der Waals surface area (Å²) in [7, 11) is 3.34. The lowest BCUT2D eigenvalue weighted by Gasteiger charge is -2.28. The van der Waals surface area contributed by atoms with E-state index in [9.17, 15) is 30.0 Å². The smallest absolute Gasteiger partial charge is 0.410 e. The highest BCUT2D eigenvalue weighted by Gasteiger charge is 2.27. The molecule has 0 saturated heterocycles. The molecule has 14 rings (SSSR count). The minimum absolute atomic E-state index is 0. The van der Waals surface area contributed by atoms with Crippen LogP contribution in [0.2, 0.25) is 0 Å². The maximum atomic E-state index is 12.3. The summed E-state index contributed by atoms with van der Waals surface area (Å²) in [5, 5.41) is 47.3. The van der Waals surface area contributed by atoms with Gasteiger partial charge in [0.1, 0.15) is 13.2 Å². The Bertz CT molecular complexity index is 3330. The normalized spacial score (nSPS) is 14.9. The molecular formula is C65H73BrClN5O14. The third kappa shape index (κ3) is 16.4. The number of methoxy groups -OCH3 is 2. The number of nitrogens with one attached hydrogen (secondary N) is 3. The molecular weight excluding hydrogens is 1190 g/mol. The van der Waals surface area contributed by atoms with Gasteiger partial charge in [-0.2, -0.15) is 0 Å². The molecule has 19 nitrogen and oxygen atoms in total. The second-order valence-electron chi connectivity index (χ2n) is 20.8. The summed E-state index contributed by atoms with van der Waals surface area (Å²) in [5.41, 5.74) is 13.6. The van der Waals surface area contributed by atoms with Gasteiger partial charge < -0.3 is 84.1 Å². The van der Waals surface area contributed by atoms with E-state index >= 15 is 0 Å². The quantitative estimate of drug-likeness (QED) is 0.0768. The van der Waals surface area contributed by atoms with E-state index < -0.39 is 0 Å². The number of aromatic hydroxyl groups is 4. The maximum Gasteiger partial charge on any atom is 0.410 e. The van der Waals surface area contributed by atoms with Crippen LogP contribution in [0.3, 0.4) is 0 Å². The van der Waals surface area contributed by atoms with Crippen molar-refractivity contribution in [1.82, 2.24) is 25.8 Å². The van der Waals surface area contributed by atoms with Gasteiger partial charge in [0.25, 0.3) is 0 Å². The number of rotatable bonds is 6. The lowest BCUT2D eigenvalue weighted by atomic mass is 9.99. The first-order valence-electron chi connectivity index (χ1n) is 28.2. The number of benzene rings is 7. The summed E-state index contributed by atoms with van der Waals surface area (Å²) in [6, 6.07) is 37.8. The molecule has 7 aromatic rings. The van der Waals surface area contributed by atoms with Crippen molar-refractivity contribution in [2.75, 3.05) is 60.5 Å². The third-order valence-corrected chi connectivity index (χ3v) is 15.3. The first-order valence-corrected chi connectivity index (χ1v) is 28.2. The van der Waals surface area contributed by atoms with Crippen LogP contribution in [0.15, 0.2) is 121 Å². The van der Waals surface area contributed by atoms with Crippen LogP contribution in [0.4, 0.5) is 9.59 Å². The van der Waals surface area contributed by atoms with E-state index in [1.807, 2.05) is 72.8 Å². The van der Waals surface area contributed by atoms with Gasteiger partial charge in [0, 0.05) is 45.8 Å². The molecule has 7 heterocycles. The van der Waals surface area contributed by atoms with Crippen molar-refractivity contribution < 1.29 is 67.9 Å². The number of amides is 2. The molecule has 7 N–H and O–H groups in total. The fourth-order valence-electron chi connectivity index (χ4n) is 10.6. The van der Waals surface area contributed by atoms with Crippen LogP contribution in [-0.4, -0.2) is 103 Å². The van der Waals surface area contributed by atoms with Gasteiger partial charge >= 0.3 is 12.2 Å². The summed E-state index contributed by atoms with van der Waals surface area (Å²) < 4.78 is 42.7. The van der Waals surface area contributed by atoms with Gasteiger partial charge in [-0.25, -0.2) is 9.59 Å². The molecule has 7 aliphatic heterocycles. The molecule has 0 spiro atoms. The second kappa shape index (κ2) is 30.7. The number of carbonyl (C=O) groups excluding carboxylic acids is 2. The van der Waals surface area contributed by atoms with Crippen molar-refractivity contribution in [3.05, 3.63) is 188 Å². The number of phenols is 4. The van der Waals surface area contributed by atoms with Crippen LogP contribution >= 0.6 is 29.4 Å². The Morgan fingerprint density at radius 1 is 0.442 bits per heavy atom. The average molecular weight is 1260 g/mol. The van der Waals surface area contributed by atoms with Crippen molar-refractivity contribution in [3.8, 4) is 57.5 Å². The number of hydrogen-bond donors (Lipinski definition) is 7. The van der Waals surface area contributed by atoms with Crippen LogP contribution < -0.4 is 44.4 Å². The standard InChI is InChI=1S/C18H17NO4.C17H17NO4.C11H15NO2.C10H11NO2.C9H11NO2.BrH.ClH/c20-18(21-11-13-4-2-1-3-5-13)19-7-6-14-8-16-17(23-12-22-16)9-15(14)10-19;19-15-8-13-6-7-18(10-14(13)9-16(15)20)17(21)22-11-12-4-2-1-3-5-12;1-13-10-5-8-3-4-12-7-9(8)6-11(10)14-2;1-2-11-5-8-4-10-9(3-7(1)8)12-6-13-10;11-8-3-6-1-2-10-5-7(6)4-9(8)12;;/h1-5,8-9H,6-7,10-12H2;1-5,8-9,19-20H,6-7,10-11H2;5-6,12H,3-4,7H2,1-2H3;3-4,11H,1-2,5-6H2;3-4,10-12H,1-2,5H2;2*1H. The van der Waals surface area contributed by atoms with Gasteiger partial charge in [0.15, 0.2) is 57.5 Å². The van der Waals surface area contributed by atoms with Crippen molar-refractivity contribution in [2.45, 2.75) is 78.0 Å². The molecule has 21 heteroatoms. The third-order valence-electron chi connectivity index (χ3n) is 15.3. The predicted molar refractivity (Wildman–Crippen MR) is 330 cm³/mol. The fourth-order valence-corrected chi connectivity index (χ4v) is 10.6. The average Bonchev–Trinajstić information content (AvgIpc) is 3.27. The molecule has 86 heavy (non-hydrogen) atoms. The summed E-state index contributed by atoms with van der Waals surface area (Å²) in [6.45, 7) is 8.97. The van der Waals surface area contributed by atoms with Gasteiger partial charge in [-0.1, -0.05) is 60.7 Å². The molecule has 0 radical (unpaired) electrons. The molecule has 0 bridgehead atoms. The van der Waals surface area contributed by atoms with Gasteiger partial charge in [0.05, 0.1) is 14.2 Å². The van der Waals surface area contributed by atoms with Gasteiger partial charge in [-0.05, 0) is 179 Å². The number of ether oxygens (including phenoxy) is 8. The summed E-state index contributed by atoms with van der Waals surface area (Å²) in [5.74, 6) is 4.64. The van der Waals surface area contributed by atoms with Crippen molar-refractivity contribution in [3.63, 3.8) is 0 Å². The van der Waals surface area contributed by atoms with E-state index in [-0.39, 0.29) is 78.0 Å². The van der Waals surface area contributed by atoms with Crippen LogP contribution in [0.1, 0.15) is 66.8 Å². The molecule has 7 aliphatic rings. The number of nitrogens with zero attached hydrogens (tertiary/aromatic N) is 2. The molecule has 0 fully saturated rings. The first kappa shape index (κ1) is 63.7. The fraction of sp³-hybridized carbons (Fsp3) is 0.323. The molecule has 456 valence electrons. The largest absolute Gasteiger partial charge is 0.504 e. The Hall–Kier alpha value is -8.27. The van der Waals surface area contributed by atoms with Crippen molar-refractivity contribution in [1.29, 1.82) is 0 Å². The summed E-state index contributed by atoms with van der Waals surface area (Å²) in [6.07, 6.45) is 3.85. The predicted octanol–water partition coefficient (Wildman–Crippen LogP) is 10.1. The van der Waals surface area contributed by atoms with Gasteiger partial charge in [-0.15, -0.1) is 29.4 Å². The number of hydrogen-bond acceptors (Lipinski definition) is 17. The van der Waals surface area contributed by atoms with Crippen molar-refractivity contribution >= 4 is 41.6 Å². The highest BCUT2D eigenvalue weighted by molar-refractivity contribution is 8.93. The van der Waals surface area contributed by atoms with E-state index in [1.54, 1.807) is 42.2 Å². The SMILES string of the molecule is Br.COc1cc2c(cc1OC)CNCC2.Cl.O=C(OCc1ccccc1)N1CCc2cc(O)c(O)cc2C1.O=C(OCc1ccccc1)N1CCc2cc3c(cc2C1)OCO3.Oc1cc2c(cc1O)CNCC2.c1c2c(cc3c1OCO3)CNCC2. The van der Waals surface area contributed by atoms with Crippen LogP contribution in [-0.2, 0) is 87.5 Å². The van der Waals surface area contributed by atoms with Crippen LogP contribution in [0, 0.1) is 0 Å². The Labute approximate surface area is 516 Å². The minimum Gasteiger partial charge on any atom is -0.504 e. The molecule has 7 aromatic carbocycles. The van der Waals surface area contributed by atoms with E-state index in [2.05, 4.69) is 40.2 Å². The highest BCUT2D eigenvalue weighted by atomic mass is 79.9. The Balaban J connectivity index is 0.000000142. The Kier molecular flexibility index (Phi) is 22.8. The van der Waals surface area contributed by atoms with Gasteiger partial charge in [0.2, 0.25) is 13.6 Å². The maximum absolute atomic E-state index is 12.3. The number of carbonyl (C=O) groups is 2. The lowest BCUT2D eigenvalue weighted by Crippen LogP contribution is -2.36. The molecule has 2 amide bonds. The second-order valence-corrected chi connectivity index (χ2v) is 20.8. The Morgan fingerprint density at radius 3 is 1.20 bits per heavy atom. The zero-order valence-corrected chi connectivity index (χ0v) is 50.6. The highest BCUT2D eigenvalue weighted by Crippen LogP contribution is 2.39. The number of phenolic OH excluding ortho intramolecular Hbond substituents is 4. The monoisotopic (exact) mass is 1260 g/mol. The van der Waals surface area contributed by atoms with E-state index in [0.29, 0.717) is 46.0 Å². The van der Waals surface area contributed by atoms with Gasteiger partial charge in [-0.3, -0.25) is 0 Å². The van der Waals surface area contributed by atoms with E-state index in [0.717, 1.165) is 138 Å². The summed E-state index contributed by atoms with van der Waals surface area (Å²) >= 11 is 0. The topological polar surface area (TPSA) is 231 Å². The molecule has 0 aromatic heterocycles.